The first-order valence-corrected chi connectivity index (χ1v) is 20.4. The number of nitrogen functional groups attached to an aromatic ring is 1. The average molecular weight is 800 g/mol. The Kier molecular flexibility index (Phi) is 10.3. The summed E-state index contributed by atoms with van der Waals surface area (Å²) in [4.78, 5) is 53.8. The minimum absolute atomic E-state index is 0.00561. The maximum Gasteiger partial charge on any atom is 0.274 e. The smallest absolute Gasteiger partial charge is 0.274 e. The molecule has 0 unspecified atom stereocenters. The molecule has 306 valence electrons. The van der Waals surface area contributed by atoms with E-state index in [0.717, 1.165) is 73.8 Å². The van der Waals surface area contributed by atoms with E-state index in [1.165, 1.54) is 11.6 Å². The second-order valence-corrected chi connectivity index (χ2v) is 16.2. The number of phenolic OH excluding ortho intramolecular Hbond substituents is 2. The van der Waals surface area contributed by atoms with Crippen molar-refractivity contribution in [2.45, 2.75) is 71.2 Å². The van der Waals surface area contributed by atoms with E-state index >= 15 is 0 Å². The summed E-state index contributed by atoms with van der Waals surface area (Å²) in [6, 6.07) is 11.3. The van der Waals surface area contributed by atoms with Crippen LogP contribution in [0, 0.1) is 0 Å². The van der Waals surface area contributed by atoms with Crippen molar-refractivity contribution in [1.82, 2.24) is 44.4 Å². The van der Waals surface area contributed by atoms with Crippen LogP contribution in [0.15, 0.2) is 55.0 Å². The van der Waals surface area contributed by atoms with E-state index in [1.807, 2.05) is 35.7 Å². The van der Waals surface area contributed by atoms with Gasteiger partial charge in [0.2, 0.25) is 5.95 Å². The fraction of sp³-hybridized carbons (Fsp3) is 0.419. The van der Waals surface area contributed by atoms with Gasteiger partial charge in [-0.25, -0.2) is 19.9 Å². The van der Waals surface area contributed by atoms with Crippen LogP contribution >= 0.6 is 0 Å². The Labute approximate surface area is 342 Å². The zero-order valence-corrected chi connectivity index (χ0v) is 33.4. The lowest BCUT2D eigenvalue weighted by Gasteiger charge is -2.34. The van der Waals surface area contributed by atoms with Crippen LogP contribution in [0.3, 0.4) is 0 Å². The number of carbonyl (C=O) groups is 2. The van der Waals surface area contributed by atoms with Gasteiger partial charge in [-0.3, -0.25) is 19.2 Å². The third kappa shape index (κ3) is 7.77. The van der Waals surface area contributed by atoms with Crippen molar-refractivity contribution in [2.75, 3.05) is 56.6 Å². The standard InChI is InChI=1S/C43H49N11O5/c1-26(2)33-18-34(38(56)19-37(33)55)41(57)53-23-28-4-3-27(17-29(28)24-53)22-50-9-5-31(6-10-50)54-12-8-35(49-54)42(58)52-11-7-32-36(25-52)47-39(30-20-45-43(44)46-21-30)48-40(32)51-13-15-59-16-14-51/h3-4,8,12,17-21,26,31,55-56H,5-7,9-11,13-16,22-25H2,1-2H3,(H2,44,45,46). The molecular weight excluding hydrogens is 751 g/mol. The van der Waals surface area contributed by atoms with Crippen molar-refractivity contribution in [3.05, 3.63) is 99.8 Å². The number of nitrogens with two attached hydrogens (primary N) is 1. The minimum atomic E-state index is -0.249. The van der Waals surface area contributed by atoms with Gasteiger partial charge in [-0.1, -0.05) is 32.0 Å². The van der Waals surface area contributed by atoms with Crippen LogP contribution in [0.2, 0.25) is 0 Å². The predicted octanol–water partition coefficient (Wildman–Crippen LogP) is 4.28. The van der Waals surface area contributed by atoms with E-state index in [9.17, 15) is 19.8 Å². The van der Waals surface area contributed by atoms with E-state index in [2.05, 4.69) is 38.0 Å². The summed E-state index contributed by atoms with van der Waals surface area (Å²) in [6.07, 6.45) is 7.63. The molecule has 0 radical (unpaired) electrons. The van der Waals surface area contributed by atoms with Crippen molar-refractivity contribution in [2.24, 2.45) is 0 Å². The predicted molar refractivity (Wildman–Crippen MR) is 219 cm³/mol. The summed E-state index contributed by atoms with van der Waals surface area (Å²) in [5.41, 5.74) is 12.9. The lowest BCUT2D eigenvalue weighted by molar-refractivity contribution is 0.0721. The maximum atomic E-state index is 13.9. The molecule has 0 bridgehead atoms. The topological polar surface area (TPSA) is 192 Å². The molecule has 0 atom stereocenters. The number of hydrogen-bond donors (Lipinski definition) is 3. The number of fused-ring (bicyclic) bond motifs is 2. The zero-order valence-electron chi connectivity index (χ0n) is 33.4. The number of aromatic nitrogens is 6. The average Bonchev–Trinajstić information content (AvgIpc) is 3.92. The molecule has 2 amide bonds. The van der Waals surface area contributed by atoms with Gasteiger partial charge in [-0.15, -0.1) is 0 Å². The number of benzene rings is 2. The monoisotopic (exact) mass is 799 g/mol. The molecule has 59 heavy (non-hydrogen) atoms. The molecular formula is C43H49N11O5. The van der Waals surface area contributed by atoms with Gasteiger partial charge in [-0.2, -0.15) is 5.10 Å². The van der Waals surface area contributed by atoms with Crippen molar-refractivity contribution in [3.63, 3.8) is 0 Å². The molecule has 16 heteroatoms. The van der Waals surface area contributed by atoms with Crippen molar-refractivity contribution in [3.8, 4) is 22.9 Å². The van der Waals surface area contributed by atoms with Crippen molar-refractivity contribution >= 4 is 23.6 Å². The number of phenols is 2. The lowest BCUT2D eigenvalue weighted by Crippen LogP contribution is -2.41. The first-order valence-electron chi connectivity index (χ1n) is 20.4. The number of morpholine rings is 1. The van der Waals surface area contributed by atoms with Crippen LogP contribution in [-0.4, -0.2) is 112 Å². The SMILES string of the molecule is CC(C)c1cc(C(=O)N2Cc3ccc(CN4CCC(n5ccc(C(=O)N6CCc7c(nc(-c8cnc(N)nc8)nc7N7CCOCC7)C6)n5)CC4)cc3C2)c(O)cc1O. The van der Waals surface area contributed by atoms with Crippen LogP contribution in [0.1, 0.15) is 93.0 Å². The largest absolute Gasteiger partial charge is 0.508 e. The molecule has 0 saturated carbocycles. The molecule has 2 aromatic carbocycles. The van der Waals surface area contributed by atoms with E-state index in [1.54, 1.807) is 23.4 Å². The summed E-state index contributed by atoms with van der Waals surface area (Å²) >= 11 is 0. The number of likely N-dealkylation sites (tertiary alicyclic amines) is 1. The Bertz CT molecular complexity index is 2390. The number of nitrogens with zero attached hydrogens (tertiary/aromatic N) is 10. The Morgan fingerprint density at radius 3 is 2.39 bits per heavy atom. The van der Waals surface area contributed by atoms with E-state index in [4.69, 9.17) is 25.5 Å². The van der Waals surface area contributed by atoms with E-state index < -0.39 is 0 Å². The molecule has 5 aromatic rings. The summed E-state index contributed by atoms with van der Waals surface area (Å²) in [6.45, 7) is 11.0. The molecule has 0 spiro atoms. The summed E-state index contributed by atoms with van der Waals surface area (Å²) < 4.78 is 7.56. The molecule has 4 aliphatic heterocycles. The second-order valence-electron chi connectivity index (χ2n) is 16.2. The van der Waals surface area contributed by atoms with Crippen molar-refractivity contribution in [1.29, 1.82) is 0 Å². The van der Waals surface area contributed by atoms with Crippen LogP contribution in [0.4, 0.5) is 11.8 Å². The van der Waals surface area contributed by atoms with Crippen LogP contribution in [0.5, 0.6) is 11.5 Å². The molecule has 9 rings (SSSR count). The van der Waals surface area contributed by atoms with Gasteiger partial charge in [0.1, 0.15) is 23.0 Å². The lowest BCUT2D eigenvalue weighted by atomic mass is 9.98. The quantitative estimate of drug-likeness (QED) is 0.202. The van der Waals surface area contributed by atoms with Gasteiger partial charge in [0, 0.05) is 82.6 Å². The maximum absolute atomic E-state index is 13.9. The molecule has 7 heterocycles. The fourth-order valence-electron chi connectivity index (χ4n) is 8.71. The second kappa shape index (κ2) is 15.9. The summed E-state index contributed by atoms with van der Waals surface area (Å²) in [5.74, 6) is 0.977. The molecule has 4 N–H and O–H groups in total. The number of ether oxygens (including phenoxy) is 1. The Balaban J connectivity index is 0.815. The third-order valence-electron chi connectivity index (χ3n) is 12.0. The number of carbonyl (C=O) groups excluding carboxylic acids is 2. The molecule has 0 aliphatic carbocycles. The summed E-state index contributed by atoms with van der Waals surface area (Å²) in [7, 11) is 0. The number of rotatable bonds is 8. The van der Waals surface area contributed by atoms with Gasteiger partial charge >= 0.3 is 0 Å². The van der Waals surface area contributed by atoms with Crippen molar-refractivity contribution < 1.29 is 24.5 Å². The molecule has 2 fully saturated rings. The van der Waals surface area contributed by atoms with Gasteiger partial charge in [0.05, 0.1) is 42.6 Å². The number of anilines is 2. The Hall–Kier alpha value is -6.13. The number of amides is 2. The van der Waals surface area contributed by atoms with Crippen LogP contribution < -0.4 is 10.6 Å². The Morgan fingerprint density at radius 2 is 1.63 bits per heavy atom. The van der Waals surface area contributed by atoms with Crippen LogP contribution in [0.25, 0.3) is 11.4 Å². The molecule has 2 saturated heterocycles. The fourth-order valence-corrected chi connectivity index (χ4v) is 8.71. The van der Waals surface area contributed by atoms with Crippen LogP contribution in [-0.2, 0) is 37.3 Å². The highest BCUT2D eigenvalue weighted by Crippen LogP contribution is 2.35. The van der Waals surface area contributed by atoms with Gasteiger partial charge in [0.25, 0.3) is 11.8 Å². The zero-order chi connectivity index (χ0) is 40.8. The highest BCUT2D eigenvalue weighted by molar-refractivity contribution is 5.97. The normalized spacial score (nSPS) is 17.4. The third-order valence-corrected chi connectivity index (χ3v) is 12.0. The molecule has 4 aliphatic rings. The molecule has 3 aromatic heterocycles. The highest BCUT2D eigenvalue weighted by Gasteiger charge is 2.32. The number of hydrogen-bond acceptors (Lipinski definition) is 13. The van der Waals surface area contributed by atoms with E-state index in [-0.39, 0.29) is 46.8 Å². The Morgan fingerprint density at radius 1 is 0.864 bits per heavy atom. The minimum Gasteiger partial charge on any atom is -0.508 e. The summed E-state index contributed by atoms with van der Waals surface area (Å²) in [5, 5.41) is 25.6. The first kappa shape index (κ1) is 38.4. The van der Waals surface area contributed by atoms with Gasteiger partial charge in [-0.05, 0) is 59.6 Å². The van der Waals surface area contributed by atoms with Gasteiger partial charge < -0.3 is 35.4 Å². The van der Waals surface area contributed by atoms with Gasteiger partial charge in [0.15, 0.2) is 5.82 Å². The number of piperidine rings is 1. The highest BCUT2D eigenvalue weighted by atomic mass is 16.5. The van der Waals surface area contributed by atoms with E-state index in [0.29, 0.717) is 68.5 Å². The first-order chi connectivity index (χ1) is 28.6. The molecule has 16 nitrogen and oxygen atoms in total. The number of aromatic hydroxyl groups is 2.